The Balaban J connectivity index is 3.22. The van der Waals surface area contributed by atoms with E-state index in [-0.39, 0.29) is 21.4 Å². The minimum atomic E-state index is -3.99. The summed E-state index contributed by atoms with van der Waals surface area (Å²) in [5.74, 6) is 0. The molecule has 0 fully saturated rings. The molecule has 0 aliphatic rings. The fourth-order valence-corrected chi connectivity index (χ4v) is 3.66. The molecule has 0 aromatic heterocycles. The van der Waals surface area contributed by atoms with Crippen molar-refractivity contribution in [2.45, 2.75) is 23.8 Å². The average Bonchev–Trinajstić information content (AvgIpc) is 2.39. The number of aliphatic hydroxyl groups is 2. The number of benzene rings is 1. The van der Waals surface area contributed by atoms with Gasteiger partial charge in [0.05, 0.1) is 28.8 Å². The van der Waals surface area contributed by atoms with Crippen LogP contribution < -0.4 is 4.72 Å². The summed E-state index contributed by atoms with van der Waals surface area (Å²) < 4.78 is 26.7. The predicted molar refractivity (Wildman–Crippen MR) is 74.0 cm³/mol. The first-order valence-corrected chi connectivity index (χ1v) is 7.75. The summed E-state index contributed by atoms with van der Waals surface area (Å²) >= 11 is 11.6. The molecular formula is C11H15Cl2NO4S. The molecule has 3 N–H and O–H groups in total. The Labute approximate surface area is 122 Å². The summed E-state index contributed by atoms with van der Waals surface area (Å²) in [4.78, 5) is -0.193. The normalized spacial score (nSPS) is 12.7. The van der Waals surface area contributed by atoms with Gasteiger partial charge in [0.15, 0.2) is 0 Å². The maximum atomic E-state index is 12.2. The molecule has 5 nitrogen and oxygen atoms in total. The Kier molecular flexibility index (Phi) is 5.61. The largest absolute Gasteiger partial charge is 0.394 e. The zero-order chi connectivity index (χ0) is 14.7. The van der Waals surface area contributed by atoms with E-state index in [2.05, 4.69) is 4.72 Å². The third-order valence-corrected chi connectivity index (χ3v) is 5.39. The van der Waals surface area contributed by atoms with Gasteiger partial charge in [-0.1, -0.05) is 36.2 Å². The highest BCUT2D eigenvalue weighted by Gasteiger charge is 2.33. The van der Waals surface area contributed by atoms with E-state index in [1.54, 1.807) is 6.92 Å². The topological polar surface area (TPSA) is 86.6 Å². The van der Waals surface area contributed by atoms with Crippen molar-refractivity contribution in [3.63, 3.8) is 0 Å². The molecule has 0 unspecified atom stereocenters. The van der Waals surface area contributed by atoms with Gasteiger partial charge in [-0.05, 0) is 18.6 Å². The number of sulfonamides is 1. The molecule has 0 bridgehead atoms. The molecule has 0 aliphatic heterocycles. The first-order chi connectivity index (χ1) is 8.82. The lowest BCUT2D eigenvalue weighted by molar-refractivity contribution is 0.105. The van der Waals surface area contributed by atoms with Gasteiger partial charge >= 0.3 is 0 Å². The van der Waals surface area contributed by atoms with Crippen LogP contribution >= 0.6 is 23.2 Å². The molecule has 108 valence electrons. The van der Waals surface area contributed by atoms with E-state index in [1.807, 2.05) is 0 Å². The molecule has 0 radical (unpaired) electrons. The number of halogens is 2. The number of hydrogen-bond donors (Lipinski definition) is 3. The van der Waals surface area contributed by atoms with Gasteiger partial charge < -0.3 is 10.2 Å². The highest BCUT2D eigenvalue weighted by Crippen LogP contribution is 2.29. The maximum absolute atomic E-state index is 12.2. The smallest absolute Gasteiger partial charge is 0.242 e. The van der Waals surface area contributed by atoms with Crippen molar-refractivity contribution in [2.75, 3.05) is 13.2 Å². The van der Waals surface area contributed by atoms with Crippen LogP contribution in [0.15, 0.2) is 23.1 Å². The van der Waals surface area contributed by atoms with Crippen LogP contribution in [0.5, 0.6) is 0 Å². The monoisotopic (exact) mass is 327 g/mol. The molecule has 0 atom stereocenters. The highest BCUT2D eigenvalue weighted by atomic mass is 35.5. The Bertz CT molecular complexity index is 535. The Hall–Kier alpha value is -0.370. The standard InChI is InChI=1S/C11H15Cl2NO4S/c1-2-11(6-15,7-16)14-19(17,18)9-5-3-4-8(12)10(9)13/h3-5,14-16H,2,6-7H2,1H3. The molecule has 19 heavy (non-hydrogen) atoms. The van der Waals surface area contributed by atoms with Crippen molar-refractivity contribution in [3.8, 4) is 0 Å². The molecular weight excluding hydrogens is 313 g/mol. The maximum Gasteiger partial charge on any atom is 0.242 e. The lowest BCUT2D eigenvalue weighted by Gasteiger charge is -2.29. The lowest BCUT2D eigenvalue weighted by Crippen LogP contribution is -2.53. The van der Waals surface area contributed by atoms with Crippen molar-refractivity contribution in [2.24, 2.45) is 0 Å². The van der Waals surface area contributed by atoms with E-state index in [0.29, 0.717) is 0 Å². The molecule has 1 rings (SSSR count). The number of nitrogens with one attached hydrogen (secondary N) is 1. The Morgan fingerprint density at radius 2 is 1.84 bits per heavy atom. The van der Waals surface area contributed by atoms with Gasteiger partial charge in [-0.15, -0.1) is 0 Å². The second-order valence-electron chi connectivity index (χ2n) is 4.11. The van der Waals surface area contributed by atoms with E-state index < -0.39 is 28.8 Å². The lowest BCUT2D eigenvalue weighted by atomic mass is 10.0. The zero-order valence-corrected chi connectivity index (χ0v) is 12.6. The summed E-state index contributed by atoms with van der Waals surface area (Å²) in [5.41, 5.74) is -1.33. The van der Waals surface area contributed by atoms with Gasteiger partial charge in [0.1, 0.15) is 4.90 Å². The van der Waals surface area contributed by atoms with Gasteiger partial charge in [0.2, 0.25) is 10.0 Å². The summed E-state index contributed by atoms with van der Waals surface area (Å²) in [5, 5.41) is 18.5. The van der Waals surface area contributed by atoms with E-state index >= 15 is 0 Å². The molecule has 0 aliphatic carbocycles. The fraction of sp³-hybridized carbons (Fsp3) is 0.455. The van der Waals surface area contributed by atoms with E-state index in [1.165, 1.54) is 18.2 Å². The molecule has 8 heteroatoms. The van der Waals surface area contributed by atoms with Gasteiger partial charge in [-0.25, -0.2) is 13.1 Å². The van der Waals surface area contributed by atoms with E-state index in [9.17, 15) is 18.6 Å². The summed E-state index contributed by atoms with van der Waals surface area (Å²) in [6.45, 7) is 0.587. The third kappa shape index (κ3) is 3.59. The third-order valence-electron chi connectivity index (χ3n) is 2.84. The van der Waals surface area contributed by atoms with Crippen LogP contribution in [-0.4, -0.2) is 37.4 Å². The van der Waals surface area contributed by atoms with Crippen molar-refractivity contribution >= 4 is 33.2 Å². The second kappa shape index (κ2) is 6.39. The van der Waals surface area contributed by atoms with Crippen LogP contribution in [-0.2, 0) is 10.0 Å². The molecule has 1 aromatic rings. The zero-order valence-electron chi connectivity index (χ0n) is 10.2. The first kappa shape index (κ1) is 16.7. The minimum absolute atomic E-state index is 0.0995. The SMILES string of the molecule is CCC(CO)(CO)NS(=O)(=O)c1cccc(Cl)c1Cl. The Morgan fingerprint density at radius 1 is 1.26 bits per heavy atom. The first-order valence-electron chi connectivity index (χ1n) is 5.51. The van der Waals surface area contributed by atoms with Crippen LogP contribution in [0.25, 0.3) is 0 Å². The molecule has 0 saturated carbocycles. The van der Waals surface area contributed by atoms with Gasteiger partial charge in [0, 0.05) is 0 Å². The van der Waals surface area contributed by atoms with Crippen molar-refractivity contribution < 1.29 is 18.6 Å². The van der Waals surface area contributed by atoms with Crippen LogP contribution in [0.2, 0.25) is 10.0 Å². The second-order valence-corrected chi connectivity index (χ2v) is 6.54. The van der Waals surface area contributed by atoms with E-state index in [4.69, 9.17) is 23.2 Å². The predicted octanol–water partition coefficient (Wildman–Crippen LogP) is 1.41. The van der Waals surface area contributed by atoms with Gasteiger partial charge in [-0.2, -0.15) is 0 Å². The number of aliphatic hydroxyl groups excluding tert-OH is 2. The molecule has 0 amide bonds. The minimum Gasteiger partial charge on any atom is -0.394 e. The number of hydrogen-bond acceptors (Lipinski definition) is 4. The van der Waals surface area contributed by atoms with E-state index in [0.717, 1.165) is 0 Å². The van der Waals surface area contributed by atoms with Crippen molar-refractivity contribution in [1.82, 2.24) is 4.72 Å². The van der Waals surface area contributed by atoms with Crippen LogP contribution in [0, 0.1) is 0 Å². The van der Waals surface area contributed by atoms with Gasteiger partial charge in [0.25, 0.3) is 0 Å². The van der Waals surface area contributed by atoms with Crippen LogP contribution in [0.4, 0.5) is 0 Å². The number of rotatable bonds is 6. The summed E-state index contributed by atoms with van der Waals surface area (Å²) in [6.07, 6.45) is 0.220. The summed E-state index contributed by atoms with van der Waals surface area (Å²) in [7, 11) is -3.99. The quantitative estimate of drug-likeness (QED) is 0.737. The highest BCUT2D eigenvalue weighted by molar-refractivity contribution is 7.89. The summed E-state index contributed by atoms with van der Waals surface area (Å²) in [6, 6.07) is 4.22. The average molecular weight is 328 g/mol. The molecule has 0 heterocycles. The van der Waals surface area contributed by atoms with Gasteiger partial charge in [-0.3, -0.25) is 0 Å². The van der Waals surface area contributed by atoms with Crippen molar-refractivity contribution in [3.05, 3.63) is 28.2 Å². The fourth-order valence-electron chi connectivity index (χ4n) is 1.44. The van der Waals surface area contributed by atoms with Crippen molar-refractivity contribution in [1.29, 1.82) is 0 Å². The van der Waals surface area contributed by atoms with Crippen LogP contribution in [0.3, 0.4) is 0 Å². The molecule has 0 saturated heterocycles. The van der Waals surface area contributed by atoms with Crippen LogP contribution in [0.1, 0.15) is 13.3 Å². The molecule has 1 aromatic carbocycles. The molecule has 0 spiro atoms. The Morgan fingerprint density at radius 3 is 2.32 bits per heavy atom.